The average Bonchev–Trinajstić information content (AvgIpc) is 3.08. The molecule has 0 unspecified atom stereocenters. The van der Waals surface area contributed by atoms with E-state index in [4.69, 9.17) is 11.6 Å². The number of fused-ring (bicyclic) bond motifs is 1. The van der Waals surface area contributed by atoms with E-state index in [1.807, 2.05) is 0 Å². The van der Waals surface area contributed by atoms with Gasteiger partial charge in [-0.2, -0.15) is 0 Å². The number of imidazole rings is 1. The number of nitrogens with zero attached hydrogens (tertiary/aromatic N) is 2. The Hall–Kier alpha value is -2.37. The van der Waals surface area contributed by atoms with Crippen molar-refractivity contribution in [2.45, 2.75) is 25.0 Å². The Kier molecular flexibility index (Phi) is 6.77. The van der Waals surface area contributed by atoms with Crippen molar-refractivity contribution in [1.82, 2.24) is 9.55 Å². The standard InChI is InChI=1S/C19H15BrClF4N3O3/c1-9(8-29)28-15-13(20)6-10(7-14(15)27-17(28)16(22)23)18(30)26-11-2-4-12(5-3-11)31-19(21,24)25/h2-7,9,16,29H,8H2,1H3,(H,26,30)/t9-/m1/s1. The van der Waals surface area contributed by atoms with Crippen LogP contribution in [0, 0.1) is 0 Å². The summed E-state index contributed by atoms with van der Waals surface area (Å²) in [6.07, 6.45) is -2.88. The van der Waals surface area contributed by atoms with Crippen LogP contribution >= 0.6 is 27.5 Å². The minimum Gasteiger partial charge on any atom is -0.420 e. The molecule has 0 radical (unpaired) electrons. The summed E-state index contributed by atoms with van der Waals surface area (Å²) in [5, 5.41) is 12.0. The van der Waals surface area contributed by atoms with Gasteiger partial charge in [0.2, 0.25) is 0 Å². The van der Waals surface area contributed by atoms with Gasteiger partial charge in [0.05, 0.1) is 23.7 Å². The van der Waals surface area contributed by atoms with Crippen molar-refractivity contribution in [3.63, 3.8) is 0 Å². The third-order valence-electron chi connectivity index (χ3n) is 4.27. The number of hydrogen-bond donors (Lipinski definition) is 2. The topological polar surface area (TPSA) is 76.4 Å². The summed E-state index contributed by atoms with van der Waals surface area (Å²) in [7, 11) is 0. The molecule has 31 heavy (non-hydrogen) atoms. The van der Waals surface area contributed by atoms with Crippen LogP contribution in [-0.4, -0.2) is 32.7 Å². The Balaban J connectivity index is 1.90. The molecule has 2 aromatic carbocycles. The first-order chi connectivity index (χ1) is 14.5. The van der Waals surface area contributed by atoms with Crippen molar-refractivity contribution in [3.05, 3.63) is 52.3 Å². The molecule has 3 aromatic rings. The Labute approximate surface area is 186 Å². The molecule has 0 aliphatic heterocycles. The van der Waals surface area contributed by atoms with Gasteiger partial charge in [0.15, 0.2) is 5.82 Å². The van der Waals surface area contributed by atoms with Crippen LogP contribution < -0.4 is 10.1 Å². The van der Waals surface area contributed by atoms with Crippen LogP contribution in [0.3, 0.4) is 0 Å². The third-order valence-corrected chi connectivity index (χ3v) is 4.96. The Bertz CT molecular complexity index is 1100. The number of rotatable bonds is 7. The highest BCUT2D eigenvalue weighted by Gasteiger charge is 2.27. The van der Waals surface area contributed by atoms with Crippen LogP contribution in [-0.2, 0) is 0 Å². The van der Waals surface area contributed by atoms with E-state index < -0.39 is 29.8 Å². The largest absolute Gasteiger partial charge is 0.487 e. The van der Waals surface area contributed by atoms with Crippen molar-refractivity contribution >= 4 is 50.2 Å². The van der Waals surface area contributed by atoms with E-state index >= 15 is 0 Å². The summed E-state index contributed by atoms with van der Waals surface area (Å²) in [6.45, 7) is 1.18. The van der Waals surface area contributed by atoms with Crippen LogP contribution in [0.1, 0.15) is 35.6 Å². The van der Waals surface area contributed by atoms with Gasteiger partial charge in [-0.3, -0.25) is 4.79 Å². The molecule has 0 aliphatic rings. The van der Waals surface area contributed by atoms with Crippen molar-refractivity contribution in [1.29, 1.82) is 0 Å². The number of anilines is 1. The first-order valence-corrected chi connectivity index (χ1v) is 9.94. The minimum atomic E-state index is -3.86. The second-order valence-corrected chi connectivity index (χ2v) is 7.82. The molecule has 0 aliphatic carbocycles. The lowest BCUT2D eigenvalue weighted by molar-refractivity contribution is -0.0964. The number of alkyl halides is 5. The van der Waals surface area contributed by atoms with Gasteiger partial charge in [0.25, 0.3) is 12.3 Å². The summed E-state index contributed by atoms with van der Waals surface area (Å²) in [5.74, 6) is -1.31. The predicted molar refractivity (Wildman–Crippen MR) is 110 cm³/mol. The molecule has 1 aromatic heterocycles. The molecule has 0 bridgehead atoms. The second kappa shape index (κ2) is 9.01. The number of nitrogens with one attached hydrogen (secondary N) is 1. The van der Waals surface area contributed by atoms with Crippen LogP contribution in [0.15, 0.2) is 40.9 Å². The summed E-state index contributed by atoms with van der Waals surface area (Å²) in [4.78, 5) is 16.5. The fourth-order valence-electron chi connectivity index (χ4n) is 2.96. The van der Waals surface area contributed by atoms with Crippen LogP contribution in [0.2, 0.25) is 0 Å². The van der Waals surface area contributed by atoms with E-state index in [2.05, 4.69) is 31.0 Å². The van der Waals surface area contributed by atoms with E-state index in [1.165, 1.54) is 41.0 Å². The number of benzene rings is 2. The Morgan fingerprint density at radius 2 is 1.97 bits per heavy atom. The van der Waals surface area contributed by atoms with Crippen molar-refractivity contribution in [3.8, 4) is 5.75 Å². The molecule has 6 nitrogen and oxygen atoms in total. The molecule has 0 saturated carbocycles. The zero-order valence-electron chi connectivity index (χ0n) is 15.8. The maximum absolute atomic E-state index is 13.5. The molecule has 12 heteroatoms. The highest BCUT2D eigenvalue weighted by Crippen LogP contribution is 2.33. The third kappa shape index (κ3) is 5.28. The van der Waals surface area contributed by atoms with Gasteiger partial charge in [0.1, 0.15) is 5.75 Å². The van der Waals surface area contributed by atoms with E-state index in [1.54, 1.807) is 6.92 Å². The molecular weight excluding hydrogens is 510 g/mol. The number of carbonyl (C=O) groups excluding carboxylic acids is 1. The lowest BCUT2D eigenvalue weighted by Gasteiger charge is -2.15. The monoisotopic (exact) mass is 523 g/mol. The highest BCUT2D eigenvalue weighted by atomic mass is 79.9. The summed E-state index contributed by atoms with van der Waals surface area (Å²) in [6, 6.07) is 7.15. The number of halogens is 6. The molecule has 0 spiro atoms. The van der Waals surface area contributed by atoms with E-state index in [0.717, 1.165) is 0 Å². The Morgan fingerprint density at radius 3 is 2.52 bits per heavy atom. The van der Waals surface area contributed by atoms with Gasteiger partial charge in [-0.1, -0.05) is 0 Å². The van der Waals surface area contributed by atoms with Gasteiger partial charge in [-0.05, 0) is 59.3 Å². The van der Waals surface area contributed by atoms with Crippen LogP contribution in [0.4, 0.5) is 23.2 Å². The zero-order valence-corrected chi connectivity index (χ0v) is 18.1. The molecule has 1 amide bonds. The molecule has 0 saturated heterocycles. The quantitative estimate of drug-likeness (QED) is 0.307. The SMILES string of the molecule is C[C@H](CO)n1c(C(F)F)nc2cc(C(=O)Nc3ccc(OC(F)(F)Cl)cc3)cc(Br)c21. The molecule has 1 heterocycles. The number of amides is 1. The van der Waals surface area contributed by atoms with Gasteiger partial charge < -0.3 is 19.7 Å². The van der Waals surface area contributed by atoms with Gasteiger partial charge in [0, 0.05) is 27.3 Å². The Morgan fingerprint density at radius 1 is 1.32 bits per heavy atom. The summed E-state index contributed by atoms with van der Waals surface area (Å²) < 4.78 is 58.0. The van der Waals surface area contributed by atoms with Crippen molar-refractivity contribution in [2.24, 2.45) is 0 Å². The van der Waals surface area contributed by atoms with E-state index in [9.17, 15) is 27.5 Å². The predicted octanol–water partition coefficient (Wildman–Crippen LogP) is 5.71. The maximum Gasteiger partial charge on any atom is 0.487 e. The minimum absolute atomic E-state index is 0.120. The highest BCUT2D eigenvalue weighted by molar-refractivity contribution is 9.10. The molecule has 0 fully saturated rings. The molecule has 2 N–H and O–H groups in total. The number of aliphatic hydroxyl groups is 1. The van der Waals surface area contributed by atoms with Gasteiger partial charge in [-0.15, -0.1) is 8.78 Å². The molecule has 1 atom stereocenters. The maximum atomic E-state index is 13.5. The van der Waals surface area contributed by atoms with E-state index in [-0.39, 0.29) is 29.1 Å². The molecule has 3 rings (SSSR count). The van der Waals surface area contributed by atoms with Crippen LogP contribution in [0.25, 0.3) is 11.0 Å². The number of aromatic nitrogens is 2. The average molecular weight is 525 g/mol. The van der Waals surface area contributed by atoms with Crippen molar-refractivity contribution in [2.75, 3.05) is 11.9 Å². The van der Waals surface area contributed by atoms with Crippen LogP contribution in [0.5, 0.6) is 5.75 Å². The van der Waals surface area contributed by atoms with Crippen molar-refractivity contribution < 1.29 is 32.2 Å². The van der Waals surface area contributed by atoms with Gasteiger partial charge in [-0.25, -0.2) is 13.8 Å². The van der Waals surface area contributed by atoms with E-state index in [0.29, 0.717) is 9.99 Å². The first kappa shape index (κ1) is 23.3. The summed E-state index contributed by atoms with van der Waals surface area (Å²) in [5.41, 5.74) is -3.01. The fraction of sp³-hybridized carbons (Fsp3) is 0.263. The number of hydrogen-bond acceptors (Lipinski definition) is 4. The molecular formula is C19H15BrClF4N3O3. The fourth-order valence-corrected chi connectivity index (χ4v) is 3.69. The molecule has 166 valence electrons. The lowest BCUT2D eigenvalue weighted by Crippen LogP contribution is -2.16. The number of ether oxygens (including phenoxy) is 1. The lowest BCUT2D eigenvalue weighted by atomic mass is 10.1. The number of aliphatic hydroxyl groups excluding tert-OH is 1. The zero-order chi connectivity index (χ0) is 22.9. The first-order valence-electron chi connectivity index (χ1n) is 8.77. The second-order valence-electron chi connectivity index (χ2n) is 6.52. The summed E-state index contributed by atoms with van der Waals surface area (Å²) >= 11 is 7.98. The van der Waals surface area contributed by atoms with Gasteiger partial charge >= 0.3 is 5.57 Å². The normalized spacial score (nSPS) is 12.9. The number of carbonyl (C=O) groups is 1. The smallest absolute Gasteiger partial charge is 0.420 e.